The Labute approximate surface area is 101 Å². The zero-order chi connectivity index (χ0) is 13.3. The van der Waals surface area contributed by atoms with Crippen LogP contribution in [0, 0.1) is 5.82 Å². The highest BCUT2D eigenvalue weighted by atomic mass is 35.5. The Kier molecular flexibility index (Phi) is 4.03. The largest absolute Gasteiger partial charge is 0.290 e. The van der Waals surface area contributed by atoms with Crippen LogP contribution in [0.2, 0.25) is 5.02 Å². The van der Waals surface area contributed by atoms with Gasteiger partial charge >= 0.3 is 0 Å². The number of halogens is 4. The van der Waals surface area contributed by atoms with Crippen LogP contribution in [-0.4, -0.2) is 15.0 Å². The molecule has 0 atom stereocenters. The molecule has 0 aliphatic carbocycles. The highest BCUT2D eigenvalue weighted by Crippen LogP contribution is 2.34. The fraction of sp³-hybridized carbons (Fsp3) is 0.250. The van der Waals surface area contributed by atoms with Crippen molar-refractivity contribution in [2.45, 2.75) is 5.92 Å². The molecule has 1 aromatic rings. The molecule has 0 fully saturated rings. The molecule has 3 N–H and O–H groups in total. The molecule has 17 heavy (non-hydrogen) atoms. The normalized spacial score (nSPS) is 12.8. The Balaban J connectivity index is 3.05. The SMILES string of the molecule is NS(=O)(=O)NCC(F)(F)c1c(F)cccc1Cl. The zero-order valence-electron chi connectivity index (χ0n) is 8.25. The maximum atomic E-state index is 13.5. The summed E-state index contributed by atoms with van der Waals surface area (Å²) in [7, 11) is -4.29. The van der Waals surface area contributed by atoms with Gasteiger partial charge in [0, 0.05) is 0 Å². The van der Waals surface area contributed by atoms with Crippen LogP contribution >= 0.6 is 11.6 Å². The molecule has 0 bridgehead atoms. The first kappa shape index (κ1) is 14.2. The summed E-state index contributed by atoms with van der Waals surface area (Å²) in [6.45, 7) is -1.37. The molecular formula is C8H8ClF3N2O2S. The number of benzene rings is 1. The molecule has 0 aromatic heterocycles. The van der Waals surface area contributed by atoms with Crippen molar-refractivity contribution in [3.63, 3.8) is 0 Å². The second-order valence-corrected chi connectivity index (χ2v) is 4.95. The maximum absolute atomic E-state index is 13.5. The van der Waals surface area contributed by atoms with Crippen molar-refractivity contribution in [1.82, 2.24) is 4.72 Å². The van der Waals surface area contributed by atoms with Crippen LogP contribution in [0.5, 0.6) is 0 Å². The Morgan fingerprint density at radius 2 is 2.00 bits per heavy atom. The minimum Gasteiger partial charge on any atom is -0.216 e. The predicted molar refractivity (Wildman–Crippen MR) is 56.4 cm³/mol. The van der Waals surface area contributed by atoms with E-state index in [-0.39, 0.29) is 0 Å². The van der Waals surface area contributed by atoms with E-state index in [1.807, 2.05) is 0 Å². The summed E-state index contributed by atoms with van der Waals surface area (Å²) in [5.74, 6) is -5.02. The van der Waals surface area contributed by atoms with Crippen LogP contribution < -0.4 is 9.86 Å². The molecule has 0 aliphatic heterocycles. The smallest absolute Gasteiger partial charge is 0.216 e. The molecule has 4 nitrogen and oxygen atoms in total. The van der Waals surface area contributed by atoms with Crippen molar-refractivity contribution in [1.29, 1.82) is 0 Å². The standard InChI is InChI=1S/C8H8ClF3N2O2S/c9-5-2-1-3-6(10)7(5)8(11,12)4-14-17(13,15)16/h1-3,14H,4H2,(H2,13,15,16). The summed E-state index contributed by atoms with van der Waals surface area (Å²) in [5, 5.41) is 4.00. The lowest BCUT2D eigenvalue weighted by atomic mass is 10.1. The third-order valence-electron chi connectivity index (χ3n) is 1.82. The average Bonchev–Trinajstić information content (AvgIpc) is 2.13. The van der Waals surface area contributed by atoms with Gasteiger partial charge in [0.2, 0.25) is 0 Å². The van der Waals surface area contributed by atoms with E-state index in [4.69, 9.17) is 11.6 Å². The minimum atomic E-state index is -4.29. The number of nitrogens with one attached hydrogen (secondary N) is 1. The number of hydrogen-bond acceptors (Lipinski definition) is 2. The maximum Gasteiger partial charge on any atom is 0.290 e. The average molecular weight is 289 g/mol. The van der Waals surface area contributed by atoms with Gasteiger partial charge in [0.05, 0.1) is 17.1 Å². The Hall–Kier alpha value is -0.830. The Morgan fingerprint density at radius 3 is 2.47 bits per heavy atom. The lowest BCUT2D eigenvalue weighted by Gasteiger charge is -2.18. The zero-order valence-corrected chi connectivity index (χ0v) is 9.83. The lowest BCUT2D eigenvalue weighted by Crippen LogP contribution is -2.39. The van der Waals surface area contributed by atoms with E-state index in [1.54, 1.807) is 0 Å². The molecule has 96 valence electrons. The molecule has 0 heterocycles. The second-order valence-electron chi connectivity index (χ2n) is 3.17. The van der Waals surface area contributed by atoms with Crippen molar-refractivity contribution in [2.75, 3.05) is 6.54 Å². The predicted octanol–water partition coefficient (Wildman–Crippen LogP) is 1.36. The van der Waals surface area contributed by atoms with Gasteiger partial charge in [-0.15, -0.1) is 0 Å². The number of rotatable bonds is 4. The highest BCUT2D eigenvalue weighted by Gasteiger charge is 2.37. The van der Waals surface area contributed by atoms with Crippen molar-refractivity contribution < 1.29 is 21.6 Å². The van der Waals surface area contributed by atoms with Gasteiger partial charge in [-0.05, 0) is 12.1 Å². The third kappa shape index (κ3) is 3.84. The van der Waals surface area contributed by atoms with Gasteiger partial charge in [0.25, 0.3) is 16.1 Å². The van der Waals surface area contributed by atoms with Gasteiger partial charge in [0.1, 0.15) is 5.82 Å². The summed E-state index contributed by atoms with van der Waals surface area (Å²) in [6.07, 6.45) is 0. The van der Waals surface area contributed by atoms with Gasteiger partial charge in [-0.3, -0.25) is 0 Å². The van der Waals surface area contributed by atoms with Crippen molar-refractivity contribution in [3.8, 4) is 0 Å². The second kappa shape index (κ2) is 4.81. The fourth-order valence-electron chi connectivity index (χ4n) is 1.13. The Morgan fingerprint density at radius 1 is 1.41 bits per heavy atom. The summed E-state index contributed by atoms with van der Waals surface area (Å²) in [4.78, 5) is 0. The van der Waals surface area contributed by atoms with E-state index in [1.165, 1.54) is 4.72 Å². The fourth-order valence-corrected chi connectivity index (χ4v) is 1.81. The van der Waals surface area contributed by atoms with Crippen LogP contribution in [0.1, 0.15) is 5.56 Å². The molecule has 0 aliphatic rings. The van der Waals surface area contributed by atoms with Gasteiger partial charge in [-0.1, -0.05) is 17.7 Å². The van der Waals surface area contributed by atoms with Crippen LogP contribution in [0.25, 0.3) is 0 Å². The summed E-state index contributed by atoms with van der Waals surface area (Å²) in [6, 6.07) is 3.03. The van der Waals surface area contributed by atoms with E-state index in [2.05, 4.69) is 5.14 Å². The van der Waals surface area contributed by atoms with Crippen LogP contribution in [0.4, 0.5) is 13.2 Å². The quantitative estimate of drug-likeness (QED) is 0.878. The van der Waals surface area contributed by atoms with E-state index in [9.17, 15) is 21.6 Å². The summed E-state index contributed by atoms with van der Waals surface area (Å²) in [5.41, 5.74) is -1.07. The first-order chi connectivity index (χ1) is 7.63. The van der Waals surface area contributed by atoms with Gasteiger partial charge in [-0.25, -0.2) is 9.53 Å². The van der Waals surface area contributed by atoms with E-state index in [0.717, 1.165) is 18.2 Å². The first-order valence-electron chi connectivity index (χ1n) is 4.23. The van der Waals surface area contributed by atoms with Crippen LogP contribution in [0.15, 0.2) is 18.2 Å². The molecule has 1 rings (SSSR count). The van der Waals surface area contributed by atoms with Crippen molar-refractivity contribution in [2.24, 2.45) is 5.14 Å². The molecule has 0 radical (unpaired) electrons. The van der Waals surface area contributed by atoms with Gasteiger partial charge < -0.3 is 0 Å². The van der Waals surface area contributed by atoms with Gasteiger partial charge in [0.15, 0.2) is 0 Å². The molecule has 0 unspecified atom stereocenters. The summed E-state index contributed by atoms with van der Waals surface area (Å²) >= 11 is 5.44. The van der Waals surface area contributed by atoms with E-state index in [0.29, 0.717) is 0 Å². The number of nitrogens with two attached hydrogens (primary N) is 1. The first-order valence-corrected chi connectivity index (χ1v) is 6.15. The lowest BCUT2D eigenvalue weighted by molar-refractivity contribution is -0.00130. The molecule has 0 saturated carbocycles. The van der Waals surface area contributed by atoms with E-state index >= 15 is 0 Å². The van der Waals surface area contributed by atoms with Crippen molar-refractivity contribution >= 4 is 21.8 Å². The molecular weight excluding hydrogens is 281 g/mol. The van der Waals surface area contributed by atoms with Gasteiger partial charge in [-0.2, -0.15) is 21.9 Å². The molecule has 0 saturated heterocycles. The number of alkyl halides is 2. The topological polar surface area (TPSA) is 72.2 Å². The Bertz CT molecular complexity index is 501. The van der Waals surface area contributed by atoms with Crippen LogP contribution in [0.3, 0.4) is 0 Å². The molecule has 0 amide bonds. The minimum absolute atomic E-state index is 0.494. The van der Waals surface area contributed by atoms with E-state index < -0.39 is 39.1 Å². The van der Waals surface area contributed by atoms with Crippen molar-refractivity contribution in [3.05, 3.63) is 34.6 Å². The molecule has 1 aromatic carbocycles. The molecule has 9 heteroatoms. The highest BCUT2D eigenvalue weighted by molar-refractivity contribution is 7.87. The van der Waals surface area contributed by atoms with Crippen LogP contribution in [-0.2, 0) is 16.1 Å². The number of hydrogen-bond donors (Lipinski definition) is 2. The summed E-state index contributed by atoms with van der Waals surface area (Å²) < 4.78 is 62.6. The monoisotopic (exact) mass is 288 g/mol. The molecule has 0 spiro atoms. The third-order valence-corrected chi connectivity index (χ3v) is 2.69.